The molecule has 0 saturated carbocycles. The van der Waals surface area contributed by atoms with Crippen LogP contribution in [0.4, 0.5) is 4.39 Å². The minimum absolute atomic E-state index is 0.342. The third-order valence-corrected chi connectivity index (χ3v) is 3.30. The molecule has 0 radical (unpaired) electrons. The number of halogens is 3. The second-order valence-corrected chi connectivity index (χ2v) is 4.58. The van der Waals surface area contributed by atoms with Crippen molar-refractivity contribution < 1.29 is 13.9 Å². The van der Waals surface area contributed by atoms with Crippen LogP contribution in [0.25, 0.3) is 0 Å². The van der Waals surface area contributed by atoms with E-state index in [4.69, 9.17) is 9.47 Å². The average Bonchev–Trinajstić information content (AvgIpc) is 2.19. The van der Waals surface area contributed by atoms with Crippen molar-refractivity contribution in [3.8, 4) is 0 Å². The molecule has 0 spiro atoms. The lowest BCUT2D eigenvalue weighted by Crippen LogP contribution is -2.08. The zero-order valence-electron chi connectivity index (χ0n) is 7.68. The van der Waals surface area contributed by atoms with E-state index in [1.54, 1.807) is 12.1 Å². The fourth-order valence-electron chi connectivity index (χ4n) is 1.09. The van der Waals surface area contributed by atoms with Crippen LogP contribution in [0.15, 0.2) is 16.6 Å². The Labute approximate surface area is 104 Å². The lowest BCUT2D eigenvalue weighted by atomic mass is 10.2. The van der Waals surface area contributed by atoms with Crippen molar-refractivity contribution in [2.45, 2.75) is 6.29 Å². The Morgan fingerprint density at radius 1 is 1.36 bits per heavy atom. The monoisotopic (exact) mass is 374 g/mol. The van der Waals surface area contributed by atoms with Crippen molar-refractivity contribution in [1.29, 1.82) is 0 Å². The van der Waals surface area contributed by atoms with E-state index in [0.717, 1.165) is 3.57 Å². The highest BCUT2D eigenvalue weighted by molar-refractivity contribution is 14.1. The van der Waals surface area contributed by atoms with Crippen LogP contribution in [0, 0.1) is 9.39 Å². The van der Waals surface area contributed by atoms with Gasteiger partial charge in [-0.15, -0.1) is 0 Å². The van der Waals surface area contributed by atoms with Gasteiger partial charge in [-0.3, -0.25) is 0 Å². The third-order valence-electron chi connectivity index (χ3n) is 1.74. The summed E-state index contributed by atoms with van der Waals surface area (Å²) in [6.07, 6.45) is -0.667. The number of hydrogen-bond acceptors (Lipinski definition) is 2. The third kappa shape index (κ3) is 2.44. The van der Waals surface area contributed by atoms with Gasteiger partial charge in [0.05, 0.1) is 10.0 Å². The predicted molar refractivity (Wildman–Crippen MR) is 63.6 cm³/mol. The number of benzene rings is 1. The lowest BCUT2D eigenvalue weighted by Gasteiger charge is -2.16. The SMILES string of the molecule is COC(OC)c1c(I)ccc(Br)c1F. The summed E-state index contributed by atoms with van der Waals surface area (Å²) in [6, 6.07) is 3.46. The summed E-state index contributed by atoms with van der Waals surface area (Å²) in [7, 11) is 2.95. The van der Waals surface area contributed by atoms with Crippen LogP contribution in [0.1, 0.15) is 11.9 Å². The average molecular weight is 375 g/mol. The normalized spacial score (nSPS) is 11.0. The second-order valence-electron chi connectivity index (χ2n) is 2.56. The molecule has 0 atom stereocenters. The first-order chi connectivity index (χ1) is 6.61. The van der Waals surface area contributed by atoms with E-state index in [1.807, 2.05) is 22.6 Å². The Hall–Kier alpha value is 0.280. The van der Waals surface area contributed by atoms with Crippen molar-refractivity contribution in [1.82, 2.24) is 0 Å². The van der Waals surface area contributed by atoms with Gasteiger partial charge >= 0.3 is 0 Å². The highest BCUT2D eigenvalue weighted by atomic mass is 127. The van der Waals surface area contributed by atoms with Crippen LogP contribution in [0.3, 0.4) is 0 Å². The smallest absolute Gasteiger partial charge is 0.187 e. The van der Waals surface area contributed by atoms with Gasteiger partial charge in [-0.25, -0.2) is 4.39 Å². The molecule has 0 amide bonds. The van der Waals surface area contributed by atoms with Gasteiger partial charge in [0.25, 0.3) is 0 Å². The van der Waals surface area contributed by atoms with Gasteiger partial charge in [-0.05, 0) is 50.7 Å². The molecule has 0 saturated heterocycles. The van der Waals surface area contributed by atoms with Crippen LogP contribution in [0.2, 0.25) is 0 Å². The molecular weight excluding hydrogens is 366 g/mol. The molecule has 0 fully saturated rings. The molecule has 0 N–H and O–H groups in total. The van der Waals surface area contributed by atoms with Gasteiger partial charge in [-0.1, -0.05) is 0 Å². The van der Waals surface area contributed by atoms with Crippen LogP contribution in [-0.4, -0.2) is 14.2 Å². The van der Waals surface area contributed by atoms with Crippen molar-refractivity contribution in [3.63, 3.8) is 0 Å². The molecule has 1 aromatic rings. The summed E-state index contributed by atoms with van der Waals surface area (Å²) in [6.45, 7) is 0. The predicted octanol–water partition coefficient (Wildman–Crippen LogP) is 3.48. The van der Waals surface area contributed by atoms with E-state index in [9.17, 15) is 4.39 Å². The van der Waals surface area contributed by atoms with Crippen LogP contribution in [-0.2, 0) is 9.47 Å². The van der Waals surface area contributed by atoms with Crippen molar-refractivity contribution in [2.24, 2.45) is 0 Å². The molecule has 0 aromatic heterocycles. The molecule has 1 rings (SSSR count). The molecule has 0 aliphatic rings. The topological polar surface area (TPSA) is 18.5 Å². The number of rotatable bonds is 3. The summed E-state index contributed by atoms with van der Waals surface area (Å²) >= 11 is 5.16. The summed E-state index contributed by atoms with van der Waals surface area (Å²) in [4.78, 5) is 0. The molecule has 0 aliphatic heterocycles. The molecule has 0 bridgehead atoms. The highest BCUT2D eigenvalue weighted by Gasteiger charge is 2.19. The standard InChI is InChI=1S/C9H9BrFIO2/c1-13-9(14-2)7-6(12)4-3-5(10)8(7)11/h3-4,9H,1-2H3. The summed E-state index contributed by atoms with van der Waals surface area (Å²) in [5.41, 5.74) is 0.421. The fourth-order valence-corrected chi connectivity index (χ4v) is 2.11. The maximum absolute atomic E-state index is 13.7. The fraction of sp³-hybridized carbons (Fsp3) is 0.333. The van der Waals surface area contributed by atoms with Gasteiger partial charge in [0.15, 0.2) is 6.29 Å². The molecule has 5 heteroatoms. The Morgan fingerprint density at radius 3 is 2.43 bits per heavy atom. The largest absolute Gasteiger partial charge is 0.352 e. The van der Waals surface area contributed by atoms with Crippen LogP contribution in [0.5, 0.6) is 0 Å². The molecule has 0 aliphatic carbocycles. The minimum atomic E-state index is -0.667. The molecule has 14 heavy (non-hydrogen) atoms. The van der Waals surface area contributed by atoms with Gasteiger partial charge < -0.3 is 9.47 Å². The molecule has 0 heterocycles. The van der Waals surface area contributed by atoms with Gasteiger partial charge in [-0.2, -0.15) is 0 Å². The van der Waals surface area contributed by atoms with Crippen LogP contribution < -0.4 is 0 Å². The Bertz CT molecular complexity index is 329. The number of hydrogen-bond donors (Lipinski definition) is 0. The zero-order valence-corrected chi connectivity index (χ0v) is 11.4. The van der Waals surface area contributed by atoms with Crippen molar-refractivity contribution >= 4 is 38.5 Å². The van der Waals surface area contributed by atoms with Gasteiger partial charge in [0, 0.05) is 17.8 Å². The molecule has 2 nitrogen and oxygen atoms in total. The van der Waals surface area contributed by atoms with Gasteiger partial charge in [0.1, 0.15) is 5.82 Å². The minimum Gasteiger partial charge on any atom is -0.352 e. The first-order valence-corrected chi connectivity index (χ1v) is 5.68. The number of methoxy groups -OCH3 is 2. The van der Waals surface area contributed by atoms with Gasteiger partial charge in [0.2, 0.25) is 0 Å². The summed E-state index contributed by atoms with van der Waals surface area (Å²) in [5.74, 6) is -0.342. The molecule has 78 valence electrons. The lowest BCUT2D eigenvalue weighted by molar-refractivity contribution is -0.108. The molecule has 1 aromatic carbocycles. The molecular formula is C9H9BrFIO2. The highest BCUT2D eigenvalue weighted by Crippen LogP contribution is 2.30. The zero-order chi connectivity index (χ0) is 10.7. The van der Waals surface area contributed by atoms with Crippen molar-refractivity contribution in [3.05, 3.63) is 31.6 Å². The van der Waals surface area contributed by atoms with E-state index in [2.05, 4.69) is 15.9 Å². The van der Waals surface area contributed by atoms with E-state index in [-0.39, 0.29) is 5.82 Å². The van der Waals surface area contributed by atoms with E-state index < -0.39 is 6.29 Å². The summed E-state index contributed by atoms with van der Waals surface area (Å²) < 4.78 is 24.9. The first kappa shape index (κ1) is 12.4. The van der Waals surface area contributed by atoms with E-state index >= 15 is 0 Å². The maximum Gasteiger partial charge on any atom is 0.187 e. The van der Waals surface area contributed by atoms with Crippen molar-refractivity contribution in [2.75, 3.05) is 14.2 Å². The van der Waals surface area contributed by atoms with E-state index in [0.29, 0.717) is 10.0 Å². The number of ether oxygens (including phenoxy) is 2. The molecule has 0 unspecified atom stereocenters. The van der Waals surface area contributed by atoms with Crippen LogP contribution >= 0.6 is 38.5 Å². The first-order valence-electron chi connectivity index (χ1n) is 3.80. The Morgan fingerprint density at radius 2 is 1.93 bits per heavy atom. The maximum atomic E-state index is 13.7. The Kier molecular flexibility index (Phi) is 4.75. The van der Waals surface area contributed by atoms with E-state index in [1.165, 1.54) is 14.2 Å². The Balaban J connectivity index is 3.23. The second kappa shape index (κ2) is 5.39. The summed E-state index contributed by atoms with van der Waals surface area (Å²) in [5, 5.41) is 0. The quantitative estimate of drug-likeness (QED) is 0.458.